The summed E-state index contributed by atoms with van der Waals surface area (Å²) in [4.78, 5) is 44.9. The number of aliphatic hydroxyl groups excluding tert-OH is 1. The Morgan fingerprint density at radius 2 is 1.71 bits per heavy atom. The minimum absolute atomic E-state index is 0.00748. The average molecular weight is 626 g/mol. The number of benzene rings is 2. The van der Waals surface area contributed by atoms with Crippen molar-refractivity contribution in [2.24, 2.45) is 11.7 Å². The summed E-state index contributed by atoms with van der Waals surface area (Å²) in [7, 11) is 0. The zero-order chi connectivity index (χ0) is 29.8. The first-order valence-electron chi connectivity index (χ1n) is 13.4. The summed E-state index contributed by atoms with van der Waals surface area (Å²) in [5.41, 5.74) is 8.11. The van der Waals surface area contributed by atoms with Gasteiger partial charge in [0, 0.05) is 17.1 Å². The summed E-state index contributed by atoms with van der Waals surface area (Å²) in [6, 6.07) is 14.7. The van der Waals surface area contributed by atoms with Gasteiger partial charge in [0.2, 0.25) is 17.7 Å². The molecule has 0 bridgehead atoms. The Bertz CT molecular complexity index is 1280. The topological polar surface area (TPSA) is 162 Å². The second kappa shape index (κ2) is 15.8. The summed E-state index contributed by atoms with van der Waals surface area (Å²) in [6.45, 7) is 3.66. The predicted octanol–water partition coefficient (Wildman–Crippen LogP) is 2.10. The van der Waals surface area contributed by atoms with Crippen LogP contribution in [0.2, 0.25) is 0 Å². The highest BCUT2D eigenvalue weighted by Gasteiger charge is 2.29. The van der Waals surface area contributed by atoms with Crippen LogP contribution in [0, 0.1) is 5.92 Å². The Labute approximate surface area is 248 Å². The number of nitrogens with zero attached hydrogens (tertiary/aromatic N) is 1. The van der Waals surface area contributed by atoms with E-state index in [-0.39, 0.29) is 12.5 Å². The molecule has 0 saturated heterocycles. The summed E-state index contributed by atoms with van der Waals surface area (Å²) < 4.78 is 0.921. The number of nitrogens with two attached hydrogens (primary N) is 1. The lowest BCUT2D eigenvalue weighted by atomic mass is 9.98. The molecule has 3 amide bonds. The lowest BCUT2D eigenvalue weighted by Crippen LogP contribution is -2.57. The van der Waals surface area contributed by atoms with Crippen molar-refractivity contribution in [3.8, 4) is 0 Å². The SMILES string of the molecule is CC(C)[C@H](NC(=O)/C=C/c1cnc[nH]1)C(=O)N[C@@H](Cc1ccccc1)[C@@H](O)CN[C@@H](Cc1ccc(Br)cc1)C(N)=O. The summed E-state index contributed by atoms with van der Waals surface area (Å²) in [6.07, 6.45) is 5.58. The predicted molar refractivity (Wildman–Crippen MR) is 161 cm³/mol. The van der Waals surface area contributed by atoms with Crippen molar-refractivity contribution in [1.29, 1.82) is 0 Å². The average Bonchev–Trinajstić information content (AvgIpc) is 3.47. The first-order valence-corrected chi connectivity index (χ1v) is 14.2. The molecule has 11 heteroatoms. The van der Waals surface area contributed by atoms with Gasteiger partial charge in [-0.3, -0.25) is 14.4 Å². The van der Waals surface area contributed by atoms with Gasteiger partial charge in [-0.05, 0) is 48.1 Å². The van der Waals surface area contributed by atoms with E-state index in [1.807, 2.05) is 68.4 Å². The minimum atomic E-state index is -1.06. The third kappa shape index (κ3) is 10.6. The summed E-state index contributed by atoms with van der Waals surface area (Å²) in [5, 5.41) is 19.9. The largest absolute Gasteiger partial charge is 0.390 e. The molecule has 3 rings (SSSR count). The molecule has 41 heavy (non-hydrogen) atoms. The number of primary amides is 1. The molecule has 0 aliphatic carbocycles. The maximum absolute atomic E-state index is 13.4. The van der Waals surface area contributed by atoms with E-state index in [0.29, 0.717) is 18.5 Å². The molecule has 0 unspecified atom stereocenters. The van der Waals surface area contributed by atoms with Gasteiger partial charge in [0.25, 0.3) is 0 Å². The van der Waals surface area contributed by atoms with Gasteiger partial charge in [-0.15, -0.1) is 0 Å². The van der Waals surface area contributed by atoms with Gasteiger partial charge in [0.15, 0.2) is 0 Å². The fourth-order valence-corrected chi connectivity index (χ4v) is 4.48. The van der Waals surface area contributed by atoms with Crippen molar-refractivity contribution >= 4 is 39.7 Å². The first-order chi connectivity index (χ1) is 19.6. The van der Waals surface area contributed by atoms with E-state index in [1.54, 1.807) is 12.3 Å². The summed E-state index contributed by atoms with van der Waals surface area (Å²) >= 11 is 3.40. The number of aromatic amines is 1. The van der Waals surface area contributed by atoms with Crippen molar-refractivity contribution in [2.75, 3.05) is 6.54 Å². The van der Waals surface area contributed by atoms with Crippen LogP contribution in [-0.4, -0.2) is 63.6 Å². The third-order valence-corrected chi connectivity index (χ3v) is 7.07. The number of hydrogen-bond acceptors (Lipinski definition) is 6. The number of nitrogens with one attached hydrogen (secondary N) is 4. The highest BCUT2D eigenvalue weighted by Crippen LogP contribution is 2.13. The molecule has 3 aromatic rings. The highest BCUT2D eigenvalue weighted by molar-refractivity contribution is 9.10. The van der Waals surface area contributed by atoms with E-state index < -0.39 is 42.0 Å². The number of carbonyl (C=O) groups excluding carboxylic acids is 3. The fourth-order valence-electron chi connectivity index (χ4n) is 4.22. The Kier molecular flexibility index (Phi) is 12.3. The van der Waals surface area contributed by atoms with Gasteiger partial charge in [-0.2, -0.15) is 0 Å². The van der Waals surface area contributed by atoms with Crippen LogP contribution >= 0.6 is 15.9 Å². The van der Waals surface area contributed by atoms with Gasteiger partial charge in [-0.25, -0.2) is 4.98 Å². The number of H-pyrrole nitrogens is 1. The molecule has 0 saturated carbocycles. The Hall–Kier alpha value is -3.80. The number of aromatic nitrogens is 2. The number of halogens is 1. The van der Waals surface area contributed by atoms with Gasteiger partial charge < -0.3 is 31.8 Å². The number of rotatable bonds is 15. The smallest absolute Gasteiger partial charge is 0.244 e. The molecule has 0 aliphatic rings. The molecule has 218 valence electrons. The zero-order valence-corrected chi connectivity index (χ0v) is 24.7. The van der Waals surface area contributed by atoms with Crippen LogP contribution in [0.1, 0.15) is 30.7 Å². The molecule has 0 radical (unpaired) electrons. The molecule has 0 spiro atoms. The minimum Gasteiger partial charge on any atom is -0.390 e. The molecule has 7 N–H and O–H groups in total. The molecule has 4 atom stereocenters. The van der Waals surface area contributed by atoms with Crippen molar-refractivity contribution < 1.29 is 19.5 Å². The summed E-state index contributed by atoms with van der Waals surface area (Å²) in [5.74, 6) is -1.64. The standard InChI is InChI=1S/C30H37BrN6O4/c1-19(2)28(37-27(39)13-12-23-16-33-18-35-23)30(41)36-24(14-20-6-4-3-5-7-20)26(38)17-34-25(29(32)40)15-21-8-10-22(31)11-9-21/h3-13,16,18-19,24-26,28,34,38H,14-15,17H2,1-2H3,(H2,32,40)(H,33,35)(H,36,41)(H,37,39)/b13-12+/t24-,25-,26-,28-/m0/s1. The van der Waals surface area contributed by atoms with E-state index in [9.17, 15) is 19.5 Å². The van der Waals surface area contributed by atoms with E-state index in [4.69, 9.17) is 5.73 Å². The third-order valence-electron chi connectivity index (χ3n) is 6.54. The Balaban J connectivity index is 1.69. The Morgan fingerprint density at radius 1 is 1.02 bits per heavy atom. The van der Waals surface area contributed by atoms with Crippen LogP contribution in [0.4, 0.5) is 0 Å². The molecule has 0 fully saturated rings. The first kappa shape index (κ1) is 31.7. The van der Waals surface area contributed by atoms with E-state index in [1.165, 1.54) is 12.4 Å². The zero-order valence-electron chi connectivity index (χ0n) is 23.1. The molecular weight excluding hydrogens is 588 g/mol. The molecular formula is C30H37BrN6O4. The second-order valence-corrected chi connectivity index (χ2v) is 11.1. The van der Waals surface area contributed by atoms with Gasteiger partial charge in [0.1, 0.15) is 6.04 Å². The van der Waals surface area contributed by atoms with Crippen molar-refractivity contribution in [2.45, 2.75) is 50.9 Å². The van der Waals surface area contributed by atoms with Gasteiger partial charge >= 0.3 is 0 Å². The number of carbonyl (C=O) groups is 3. The van der Waals surface area contributed by atoms with Crippen LogP contribution < -0.4 is 21.7 Å². The van der Waals surface area contributed by atoms with Crippen molar-refractivity contribution in [3.05, 3.63) is 94.5 Å². The normalized spacial score (nSPS) is 14.4. The van der Waals surface area contributed by atoms with E-state index in [2.05, 4.69) is 41.8 Å². The van der Waals surface area contributed by atoms with E-state index in [0.717, 1.165) is 15.6 Å². The Morgan fingerprint density at radius 3 is 2.32 bits per heavy atom. The number of amides is 3. The lowest BCUT2D eigenvalue weighted by Gasteiger charge is -2.29. The molecule has 10 nitrogen and oxygen atoms in total. The van der Waals surface area contributed by atoms with Gasteiger partial charge in [-0.1, -0.05) is 72.2 Å². The molecule has 1 aromatic heterocycles. The molecule has 1 heterocycles. The number of aliphatic hydroxyl groups is 1. The molecule has 0 aliphatic heterocycles. The van der Waals surface area contributed by atoms with Gasteiger partial charge in [0.05, 0.1) is 36.4 Å². The fraction of sp³-hybridized carbons (Fsp3) is 0.333. The van der Waals surface area contributed by atoms with Crippen molar-refractivity contribution in [3.63, 3.8) is 0 Å². The number of hydrogen-bond donors (Lipinski definition) is 6. The highest BCUT2D eigenvalue weighted by atomic mass is 79.9. The van der Waals surface area contributed by atoms with Crippen LogP contribution in [0.3, 0.4) is 0 Å². The maximum Gasteiger partial charge on any atom is 0.244 e. The number of imidazole rings is 1. The van der Waals surface area contributed by atoms with Crippen LogP contribution in [0.5, 0.6) is 0 Å². The van der Waals surface area contributed by atoms with E-state index >= 15 is 0 Å². The quantitative estimate of drug-likeness (QED) is 0.142. The monoisotopic (exact) mass is 624 g/mol. The van der Waals surface area contributed by atoms with Crippen molar-refractivity contribution in [1.82, 2.24) is 25.9 Å². The van der Waals surface area contributed by atoms with Crippen LogP contribution in [0.15, 0.2) is 77.7 Å². The second-order valence-electron chi connectivity index (χ2n) is 10.1. The van der Waals surface area contributed by atoms with Crippen LogP contribution in [0.25, 0.3) is 6.08 Å². The lowest BCUT2D eigenvalue weighted by molar-refractivity contribution is -0.129. The maximum atomic E-state index is 13.4. The van der Waals surface area contributed by atoms with Crippen LogP contribution in [-0.2, 0) is 27.2 Å². The molecule has 2 aromatic carbocycles.